The lowest BCUT2D eigenvalue weighted by Gasteiger charge is -2.37. The van der Waals surface area contributed by atoms with Crippen molar-refractivity contribution in [2.45, 2.75) is 13.8 Å². The minimum absolute atomic E-state index is 0.151. The predicted molar refractivity (Wildman–Crippen MR) is 143 cm³/mol. The van der Waals surface area contributed by atoms with Gasteiger partial charge in [-0.15, -0.1) is 0 Å². The molecular formula is C25H26Cl2N4O2S. The normalized spacial score (nSPS) is 14.2. The molecule has 1 fully saturated rings. The van der Waals surface area contributed by atoms with Gasteiger partial charge in [0.15, 0.2) is 10.9 Å². The molecule has 1 aromatic heterocycles. The molecule has 1 aliphatic heterocycles. The molecule has 1 amide bonds. The highest BCUT2D eigenvalue weighted by molar-refractivity contribution is 7.80. The number of furan rings is 1. The first kappa shape index (κ1) is 24.5. The Labute approximate surface area is 214 Å². The first-order chi connectivity index (χ1) is 16.4. The van der Waals surface area contributed by atoms with Gasteiger partial charge in [0, 0.05) is 36.8 Å². The van der Waals surface area contributed by atoms with Crippen molar-refractivity contribution in [2.24, 2.45) is 0 Å². The van der Waals surface area contributed by atoms with Gasteiger partial charge in [0.25, 0.3) is 5.91 Å². The van der Waals surface area contributed by atoms with E-state index in [0.717, 1.165) is 55.2 Å². The largest absolute Gasteiger partial charge is 0.451 e. The molecule has 0 radical (unpaired) electrons. The van der Waals surface area contributed by atoms with Gasteiger partial charge in [-0.1, -0.05) is 48.3 Å². The fourth-order valence-corrected chi connectivity index (χ4v) is 4.58. The van der Waals surface area contributed by atoms with E-state index in [0.29, 0.717) is 15.8 Å². The first-order valence-electron chi connectivity index (χ1n) is 11.1. The van der Waals surface area contributed by atoms with Gasteiger partial charge in [0.2, 0.25) is 0 Å². The lowest BCUT2D eigenvalue weighted by atomic mass is 10.1. The molecule has 0 atom stereocenters. The van der Waals surface area contributed by atoms with E-state index in [-0.39, 0.29) is 10.9 Å². The summed E-state index contributed by atoms with van der Waals surface area (Å²) in [6, 6.07) is 14.6. The summed E-state index contributed by atoms with van der Waals surface area (Å²) in [4.78, 5) is 17.4. The fourth-order valence-electron chi connectivity index (χ4n) is 3.90. The van der Waals surface area contributed by atoms with Gasteiger partial charge in [-0.25, -0.2) is 0 Å². The summed E-state index contributed by atoms with van der Waals surface area (Å²) in [5.74, 6) is 0.259. The zero-order valence-corrected chi connectivity index (χ0v) is 21.4. The molecule has 0 bridgehead atoms. The van der Waals surface area contributed by atoms with E-state index < -0.39 is 5.91 Å². The minimum atomic E-state index is -0.443. The van der Waals surface area contributed by atoms with Crippen molar-refractivity contribution >= 4 is 57.8 Å². The molecule has 4 rings (SSSR count). The summed E-state index contributed by atoms with van der Waals surface area (Å²) in [7, 11) is 0. The Morgan fingerprint density at radius 1 is 1.06 bits per heavy atom. The van der Waals surface area contributed by atoms with Crippen molar-refractivity contribution in [3.8, 4) is 11.3 Å². The number of nitrogens with zero attached hydrogens (tertiary/aromatic N) is 2. The number of anilines is 2. The molecule has 9 heteroatoms. The van der Waals surface area contributed by atoms with Gasteiger partial charge >= 0.3 is 0 Å². The van der Waals surface area contributed by atoms with E-state index in [4.69, 9.17) is 39.8 Å². The molecule has 1 aliphatic rings. The molecule has 2 N–H and O–H groups in total. The van der Waals surface area contributed by atoms with Gasteiger partial charge < -0.3 is 19.5 Å². The highest BCUT2D eigenvalue weighted by atomic mass is 35.5. The van der Waals surface area contributed by atoms with E-state index in [2.05, 4.69) is 27.4 Å². The fraction of sp³-hybridized carbons (Fsp3) is 0.280. The number of halogens is 2. The van der Waals surface area contributed by atoms with Crippen molar-refractivity contribution in [1.29, 1.82) is 0 Å². The number of likely N-dealkylation sites (N-methyl/N-ethyl adjacent to an activating group) is 1. The summed E-state index contributed by atoms with van der Waals surface area (Å²) < 4.78 is 5.74. The summed E-state index contributed by atoms with van der Waals surface area (Å²) in [6.45, 7) is 8.79. The molecule has 0 aliphatic carbocycles. The zero-order chi connectivity index (χ0) is 24.2. The number of nitrogens with one attached hydrogen (secondary N) is 2. The molecule has 2 aromatic carbocycles. The average molecular weight is 517 g/mol. The molecule has 34 heavy (non-hydrogen) atoms. The van der Waals surface area contributed by atoms with E-state index in [1.165, 1.54) is 0 Å². The average Bonchev–Trinajstić information content (AvgIpc) is 3.32. The standard InChI is InChI=1S/C25H26Cl2N4O2S/c1-3-30-11-13-31(14-12-30)23-18(26)5-4-6-20(23)28-25(34)29-24(32)22-10-9-21(33-22)17-8-7-16(2)19(27)15-17/h4-10,15H,3,11-14H2,1-2H3,(H2,28,29,32,34). The highest BCUT2D eigenvalue weighted by Crippen LogP contribution is 2.34. The second kappa shape index (κ2) is 10.8. The number of benzene rings is 2. The summed E-state index contributed by atoms with van der Waals surface area (Å²) in [6.07, 6.45) is 0. The number of thiocarbonyl (C=S) groups is 1. The van der Waals surface area contributed by atoms with Gasteiger partial charge in [0.05, 0.1) is 16.4 Å². The highest BCUT2D eigenvalue weighted by Gasteiger charge is 2.21. The predicted octanol–water partition coefficient (Wildman–Crippen LogP) is 5.83. The third kappa shape index (κ3) is 5.55. The maximum Gasteiger partial charge on any atom is 0.293 e. The lowest BCUT2D eigenvalue weighted by Crippen LogP contribution is -2.46. The number of para-hydroxylation sites is 1. The van der Waals surface area contributed by atoms with Crippen LogP contribution in [-0.4, -0.2) is 48.6 Å². The van der Waals surface area contributed by atoms with Crippen LogP contribution in [0.15, 0.2) is 52.9 Å². The first-order valence-corrected chi connectivity index (χ1v) is 12.3. The topological polar surface area (TPSA) is 60.8 Å². The van der Waals surface area contributed by atoms with Gasteiger partial charge in [-0.3, -0.25) is 10.1 Å². The zero-order valence-electron chi connectivity index (χ0n) is 19.0. The Balaban J connectivity index is 1.43. The molecule has 178 valence electrons. The van der Waals surface area contributed by atoms with Crippen LogP contribution in [0.2, 0.25) is 10.0 Å². The molecule has 6 nitrogen and oxygen atoms in total. The van der Waals surface area contributed by atoms with Crippen LogP contribution < -0.4 is 15.5 Å². The number of amides is 1. The third-order valence-corrected chi connectivity index (χ3v) is 6.80. The summed E-state index contributed by atoms with van der Waals surface area (Å²) >= 11 is 18.2. The number of piperazine rings is 1. The molecule has 0 unspecified atom stereocenters. The SMILES string of the molecule is CCN1CCN(c2c(Cl)cccc2NC(=S)NC(=O)c2ccc(-c3ccc(C)c(Cl)c3)o2)CC1. The second-order valence-corrected chi connectivity index (χ2v) is 9.32. The molecule has 1 saturated heterocycles. The monoisotopic (exact) mass is 516 g/mol. The van der Waals surface area contributed by atoms with Crippen LogP contribution in [0.3, 0.4) is 0 Å². The molecular weight excluding hydrogens is 491 g/mol. The van der Waals surface area contributed by atoms with Crippen LogP contribution in [0, 0.1) is 6.92 Å². The quantitative estimate of drug-likeness (QED) is 0.416. The molecule has 3 aromatic rings. The van der Waals surface area contributed by atoms with Crippen LogP contribution >= 0.6 is 35.4 Å². The number of rotatable bonds is 5. The number of aryl methyl sites for hydroxylation is 1. The van der Waals surface area contributed by atoms with Gasteiger partial charge in [-0.05, 0) is 61.6 Å². The maximum absolute atomic E-state index is 12.7. The van der Waals surface area contributed by atoms with Crippen molar-refractivity contribution in [3.05, 3.63) is 69.9 Å². The van der Waals surface area contributed by atoms with E-state index in [1.54, 1.807) is 12.1 Å². The number of carbonyl (C=O) groups excluding carboxylic acids is 1. The minimum Gasteiger partial charge on any atom is -0.451 e. The van der Waals surface area contributed by atoms with Crippen molar-refractivity contribution < 1.29 is 9.21 Å². The molecule has 0 saturated carbocycles. The van der Waals surface area contributed by atoms with Crippen LogP contribution in [-0.2, 0) is 0 Å². The number of hydrogen-bond donors (Lipinski definition) is 2. The van der Waals surface area contributed by atoms with Crippen molar-refractivity contribution in [2.75, 3.05) is 42.9 Å². The number of carbonyl (C=O) groups is 1. The summed E-state index contributed by atoms with van der Waals surface area (Å²) in [5.41, 5.74) is 3.39. The maximum atomic E-state index is 12.7. The smallest absolute Gasteiger partial charge is 0.293 e. The van der Waals surface area contributed by atoms with Gasteiger partial charge in [0.1, 0.15) is 5.76 Å². The molecule has 0 spiro atoms. The second-order valence-electron chi connectivity index (χ2n) is 8.09. The Morgan fingerprint density at radius 2 is 1.82 bits per heavy atom. The van der Waals surface area contributed by atoms with E-state index >= 15 is 0 Å². The Hall–Kier alpha value is -2.58. The van der Waals surface area contributed by atoms with Gasteiger partial charge in [-0.2, -0.15) is 0 Å². The lowest BCUT2D eigenvalue weighted by molar-refractivity contribution is 0.0951. The van der Waals surface area contributed by atoms with Crippen LogP contribution in [0.1, 0.15) is 23.0 Å². The van der Waals surface area contributed by atoms with Crippen molar-refractivity contribution in [3.63, 3.8) is 0 Å². The van der Waals surface area contributed by atoms with Crippen molar-refractivity contribution in [1.82, 2.24) is 10.2 Å². The van der Waals surface area contributed by atoms with Crippen LogP contribution in [0.5, 0.6) is 0 Å². The summed E-state index contributed by atoms with van der Waals surface area (Å²) in [5, 5.41) is 7.25. The van der Waals surface area contributed by atoms with Crippen LogP contribution in [0.25, 0.3) is 11.3 Å². The van der Waals surface area contributed by atoms with E-state index in [9.17, 15) is 4.79 Å². The Bertz CT molecular complexity index is 1210. The number of hydrogen-bond acceptors (Lipinski definition) is 5. The molecule has 2 heterocycles. The van der Waals surface area contributed by atoms with E-state index in [1.807, 2.05) is 43.3 Å². The van der Waals surface area contributed by atoms with Crippen LogP contribution in [0.4, 0.5) is 11.4 Å². The third-order valence-electron chi connectivity index (χ3n) is 5.88. The Kier molecular flexibility index (Phi) is 7.78. The Morgan fingerprint density at radius 3 is 2.53 bits per heavy atom.